The summed E-state index contributed by atoms with van der Waals surface area (Å²) in [6.07, 6.45) is -5.85. The van der Waals surface area contributed by atoms with E-state index in [2.05, 4.69) is 31.0 Å². The third kappa shape index (κ3) is 5.67. The summed E-state index contributed by atoms with van der Waals surface area (Å²) in [7, 11) is -4.14. The molecule has 2 N–H and O–H groups in total. The standard InChI is InChI=1S/C10H11BrF3N3O4S/c1-2-21-9(18)17-22(19,20)5-15-8-6(11)3-4-7(16-8)10(12,13)14/h3-4H,2,5H2,1H3,(H,15,16)(H,17,18). The van der Waals surface area contributed by atoms with Gasteiger partial charge in [-0.3, -0.25) is 0 Å². The number of alkyl halides is 3. The molecule has 0 aromatic carbocycles. The number of rotatable bonds is 5. The summed E-state index contributed by atoms with van der Waals surface area (Å²) >= 11 is 2.94. The van der Waals surface area contributed by atoms with Crippen LogP contribution in [0.15, 0.2) is 16.6 Å². The van der Waals surface area contributed by atoms with Crippen LogP contribution in [0.1, 0.15) is 12.6 Å². The number of hydrogen-bond acceptors (Lipinski definition) is 6. The maximum atomic E-state index is 12.5. The lowest BCUT2D eigenvalue weighted by Crippen LogP contribution is -2.35. The number of nitrogens with zero attached hydrogens (tertiary/aromatic N) is 1. The van der Waals surface area contributed by atoms with Gasteiger partial charge in [-0.05, 0) is 35.0 Å². The van der Waals surface area contributed by atoms with Crippen LogP contribution in [-0.2, 0) is 20.9 Å². The first-order valence-electron chi connectivity index (χ1n) is 5.70. The summed E-state index contributed by atoms with van der Waals surface area (Å²) in [5.74, 6) is -1.19. The fourth-order valence-corrected chi connectivity index (χ4v) is 2.28. The van der Waals surface area contributed by atoms with E-state index in [1.165, 1.54) is 6.92 Å². The van der Waals surface area contributed by atoms with Crippen molar-refractivity contribution in [3.8, 4) is 0 Å². The largest absolute Gasteiger partial charge is 0.449 e. The Morgan fingerprint density at radius 1 is 1.41 bits per heavy atom. The average molecular weight is 406 g/mol. The van der Waals surface area contributed by atoms with Crippen LogP contribution in [0.3, 0.4) is 0 Å². The van der Waals surface area contributed by atoms with E-state index in [1.807, 2.05) is 0 Å². The lowest BCUT2D eigenvalue weighted by Gasteiger charge is -2.12. The van der Waals surface area contributed by atoms with Crippen molar-refractivity contribution >= 4 is 37.9 Å². The van der Waals surface area contributed by atoms with Gasteiger partial charge in [0.05, 0.1) is 11.1 Å². The number of sulfonamides is 1. The molecule has 124 valence electrons. The maximum Gasteiger partial charge on any atom is 0.433 e. The number of carbonyl (C=O) groups excluding carboxylic acids is 1. The molecule has 1 aromatic heterocycles. The highest BCUT2D eigenvalue weighted by molar-refractivity contribution is 9.10. The number of pyridine rings is 1. The van der Waals surface area contributed by atoms with Crippen molar-refractivity contribution in [2.45, 2.75) is 13.1 Å². The number of hydrogen-bond donors (Lipinski definition) is 2. The molecule has 0 saturated heterocycles. The number of ether oxygens (including phenoxy) is 1. The van der Waals surface area contributed by atoms with Crippen molar-refractivity contribution in [3.05, 3.63) is 22.3 Å². The van der Waals surface area contributed by atoms with Gasteiger partial charge in [0, 0.05) is 0 Å². The normalized spacial score (nSPS) is 11.9. The number of carbonyl (C=O) groups is 1. The second-order valence-electron chi connectivity index (χ2n) is 3.78. The summed E-state index contributed by atoms with van der Waals surface area (Å²) < 4.78 is 66.8. The summed E-state index contributed by atoms with van der Waals surface area (Å²) in [6, 6.07) is 1.81. The van der Waals surface area contributed by atoms with Crippen LogP contribution in [0.4, 0.5) is 23.8 Å². The highest BCUT2D eigenvalue weighted by atomic mass is 79.9. The number of halogens is 4. The molecule has 0 radical (unpaired) electrons. The van der Waals surface area contributed by atoms with Crippen LogP contribution >= 0.6 is 15.9 Å². The minimum atomic E-state index is -4.67. The highest BCUT2D eigenvalue weighted by Crippen LogP contribution is 2.31. The Kier molecular flexibility index (Phi) is 6.00. The first-order chi connectivity index (χ1) is 10.0. The molecular weight excluding hydrogens is 395 g/mol. The number of nitrogens with one attached hydrogen (secondary N) is 2. The molecule has 0 aliphatic heterocycles. The van der Waals surface area contributed by atoms with Crippen molar-refractivity contribution in [1.29, 1.82) is 0 Å². The molecule has 22 heavy (non-hydrogen) atoms. The van der Waals surface area contributed by atoms with Crippen LogP contribution in [0.25, 0.3) is 0 Å². The van der Waals surface area contributed by atoms with Gasteiger partial charge in [0.15, 0.2) is 0 Å². The molecule has 0 unspecified atom stereocenters. The summed E-state index contributed by atoms with van der Waals surface area (Å²) in [5.41, 5.74) is -1.19. The lowest BCUT2D eigenvalue weighted by atomic mass is 10.3. The smallest absolute Gasteiger partial charge is 0.433 e. The minimum absolute atomic E-state index is 0.0322. The van der Waals surface area contributed by atoms with Crippen molar-refractivity contribution in [1.82, 2.24) is 9.71 Å². The van der Waals surface area contributed by atoms with Gasteiger partial charge < -0.3 is 10.1 Å². The first kappa shape index (κ1) is 18.5. The number of anilines is 1. The molecular formula is C10H11BrF3N3O4S. The summed E-state index contributed by atoms with van der Waals surface area (Å²) in [4.78, 5) is 14.3. The van der Waals surface area contributed by atoms with E-state index in [0.717, 1.165) is 12.1 Å². The van der Waals surface area contributed by atoms with Crippen molar-refractivity contribution in [2.75, 3.05) is 17.8 Å². The monoisotopic (exact) mass is 405 g/mol. The third-order valence-electron chi connectivity index (χ3n) is 2.08. The van der Waals surface area contributed by atoms with E-state index in [0.29, 0.717) is 0 Å². The maximum absolute atomic E-state index is 12.5. The first-order valence-corrected chi connectivity index (χ1v) is 8.14. The number of amides is 1. The molecule has 0 spiro atoms. The Morgan fingerprint density at radius 3 is 2.59 bits per heavy atom. The Morgan fingerprint density at radius 2 is 2.05 bits per heavy atom. The van der Waals surface area contributed by atoms with Gasteiger partial charge in [0.2, 0.25) is 0 Å². The van der Waals surface area contributed by atoms with Crippen LogP contribution in [0, 0.1) is 0 Å². The zero-order chi connectivity index (χ0) is 17.0. The molecule has 1 rings (SSSR count). The molecule has 0 aliphatic carbocycles. The molecule has 0 atom stereocenters. The van der Waals surface area contributed by atoms with E-state index in [4.69, 9.17) is 0 Å². The second kappa shape index (κ2) is 7.13. The molecule has 7 nitrogen and oxygen atoms in total. The van der Waals surface area contributed by atoms with E-state index in [1.54, 1.807) is 4.72 Å². The van der Waals surface area contributed by atoms with Crippen molar-refractivity contribution in [3.63, 3.8) is 0 Å². The fraction of sp³-hybridized carbons (Fsp3) is 0.400. The van der Waals surface area contributed by atoms with Gasteiger partial charge in [-0.15, -0.1) is 0 Å². The van der Waals surface area contributed by atoms with Crippen LogP contribution in [0.5, 0.6) is 0 Å². The van der Waals surface area contributed by atoms with Crippen LogP contribution < -0.4 is 10.0 Å². The van der Waals surface area contributed by atoms with Gasteiger partial charge in [-0.1, -0.05) is 0 Å². The summed E-state index contributed by atoms with van der Waals surface area (Å²) in [6.45, 7) is 1.45. The molecule has 1 amide bonds. The molecule has 1 aromatic rings. The Labute approximate surface area is 132 Å². The minimum Gasteiger partial charge on any atom is -0.449 e. The highest BCUT2D eigenvalue weighted by Gasteiger charge is 2.33. The zero-order valence-electron chi connectivity index (χ0n) is 11.1. The van der Waals surface area contributed by atoms with Crippen LogP contribution in [0.2, 0.25) is 0 Å². The van der Waals surface area contributed by atoms with Gasteiger partial charge in [0.1, 0.15) is 17.4 Å². The molecule has 0 saturated carbocycles. The molecule has 0 bridgehead atoms. The molecule has 1 heterocycles. The predicted molar refractivity (Wildman–Crippen MR) is 74.5 cm³/mol. The van der Waals surface area contributed by atoms with Gasteiger partial charge in [-0.2, -0.15) is 13.2 Å². The topological polar surface area (TPSA) is 97.4 Å². The van der Waals surface area contributed by atoms with E-state index < -0.39 is 33.9 Å². The van der Waals surface area contributed by atoms with Gasteiger partial charge in [0.25, 0.3) is 10.0 Å². The quantitative estimate of drug-likeness (QED) is 0.779. The third-order valence-corrected chi connectivity index (χ3v) is 3.72. The Hall–Kier alpha value is -1.56. The SMILES string of the molecule is CCOC(=O)NS(=O)(=O)CNc1nc(C(F)(F)F)ccc1Br. The Balaban J connectivity index is 2.81. The summed E-state index contributed by atoms with van der Waals surface area (Å²) in [5, 5.41) is 2.20. The van der Waals surface area contributed by atoms with E-state index >= 15 is 0 Å². The van der Waals surface area contributed by atoms with E-state index in [-0.39, 0.29) is 16.9 Å². The lowest BCUT2D eigenvalue weighted by molar-refractivity contribution is -0.141. The molecule has 0 aliphatic rings. The fourth-order valence-electron chi connectivity index (χ4n) is 1.21. The zero-order valence-corrected chi connectivity index (χ0v) is 13.5. The van der Waals surface area contributed by atoms with E-state index in [9.17, 15) is 26.4 Å². The second-order valence-corrected chi connectivity index (χ2v) is 6.36. The van der Waals surface area contributed by atoms with Gasteiger partial charge in [-0.25, -0.2) is 22.9 Å². The van der Waals surface area contributed by atoms with Crippen molar-refractivity contribution < 1.29 is 31.1 Å². The van der Waals surface area contributed by atoms with Crippen molar-refractivity contribution in [2.24, 2.45) is 0 Å². The Bertz CT molecular complexity index is 651. The predicted octanol–water partition coefficient (Wildman–Crippen LogP) is 2.31. The van der Waals surface area contributed by atoms with Crippen LogP contribution in [-0.4, -0.2) is 32.0 Å². The average Bonchev–Trinajstić information content (AvgIpc) is 2.36. The van der Waals surface area contributed by atoms with Gasteiger partial charge >= 0.3 is 12.3 Å². The number of aromatic nitrogens is 1. The molecule has 12 heteroatoms. The molecule has 0 fully saturated rings.